The summed E-state index contributed by atoms with van der Waals surface area (Å²) in [6.07, 6.45) is 3.52. The van der Waals surface area contributed by atoms with Crippen molar-refractivity contribution in [3.05, 3.63) is 84.2 Å². The number of rotatable bonds is 8. The SMILES string of the molecule is CN=C(NCc1nccn1Cc1ccccc1)NCC(C)Oc1ccccc1F. The highest BCUT2D eigenvalue weighted by Crippen LogP contribution is 2.16. The lowest BCUT2D eigenvalue weighted by atomic mass is 10.2. The summed E-state index contributed by atoms with van der Waals surface area (Å²) < 4.78 is 21.4. The summed E-state index contributed by atoms with van der Waals surface area (Å²) in [6, 6.07) is 16.6. The lowest BCUT2D eigenvalue weighted by Gasteiger charge is -2.18. The van der Waals surface area contributed by atoms with Crippen molar-refractivity contribution in [1.82, 2.24) is 20.2 Å². The summed E-state index contributed by atoms with van der Waals surface area (Å²) in [5.41, 5.74) is 1.22. The molecule has 0 bridgehead atoms. The van der Waals surface area contributed by atoms with Crippen LogP contribution in [0.4, 0.5) is 4.39 Å². The van der Waals surface area contributed by atoms with Gasteiger partial charge in [-0.2, -0.15) is 0 Å². The van der Waals surface area contributed by atoms with Crippen LogP contribution < -0.4 is 15.4 Å². The van der Waals surface area contributed by atoms with Crippen LogP contribution in [0.2, 0.25) is 0 Å². The molecule has 29 heavy (non-hydrogen) atoms. The molecule has 1 unspecified atom stereocenters. The maximum atomic E-state index is 13.7. The van der Waals surface area contributed by atoms with Crippen LogP contribution in [0.1, 0.15) is 18.3 Å². The molecule has 0 radical (unpaired) electrons. The van der Waals surface area contributed by atoms with E-state index in [1.54, 1.807) is 31.4 Å². The molecule has 0 aliphatic rings. The van der Waals surface area contributed by atoms with Crippen molar-refractivity contribution in [3.8, 4) is 5.75 Å². The van der Waals surface area contributed by atoms with Gasteiger partial charge in [0.1, 0.15) is 11.9 Å². The summed E-state index contributed by atoms with van der Waals surface area (Å²) in [6.45, 7) is 3.64. The third-order valence-electron chi connectivity index (χ3n) is 4.36. The number of ether oxygens (including phenoxy) is 1. The van der Waals surface area contributed by atoms with Crippen molar-refractivity contribution in [2.75, 3.05) is 13.6 Å². The second kappa shape index (κ2) is 10.3. The Bertz CT molecular complexity index is 926. The summed E-state index contributed by atoms with van der Waals surface area (Å²) in [7, 11) is 1.70. The molecule has 1 aromatic heterocycles. The zero-order valence-electron chi connectivity index (χ0n) is 16.7. The molecule has 0 saturated carbocycles. The van der Waals surface area contributed by atoms with Crippen molar-refractivity contribution in [3.63, 3.8) is 0 Å². The monoisotopic (exact) mass is 395 g/mol. The predicted molar refractivity (Wildman–Crippen MR) is 112 cm³/mol. The highest BCUT2D eigenvalue weighted by molar-refractivity contribution is 5.79. The van der Waals surface area contributed by atoms with Crippen molar-refractivity contribution in [2.45, 2.75) is 26.1 Å². The lowest BCUT2D eigenvalue weighted by molar-refractivity contribution is 0.214. The first-order chi connectivity index (χ1) is 14.2. The molecule has 0 fully saturated rings. The number of para-hydroxylation sites is 1. The second-order valence-corrected chi connectivity index (χ2v) is 6.62. The van der Waals surface area contributed by atoms with Gasteiger partial charge in [0.05, 0.1) is 13.1 Å². The van der Waals surface area contributed by atoms with Gasteiger partial charge in [0.25, 0.3) is 0 Å². The van der Waals surface area contributed by atoms with Crippen LogP contribution >= 0.6 is 0 Å². The van der Waals surface area contributed by atoms with E-state index in [9.17, 15) is 4.39 Å². The van der Waals surface area contributed by atoms with Gasteiger partial charge in [-0.25, -0.2) is 9.37 Å². The van der Waals surface area contributed by atoms with Crippen molar-refractivity contribution >= 4 is 5.96 Å². The minimum Gasteiger partial charge on any atom is -0.486 e. The van der Waals surface area contributed by atoms with Crippen molar-refractivity contribution in [2.24, 2.45) is 4.99 Å². The minimum absolute atomic E-state index is 0.231. The number of nitrogens with zero attached hydrogens (tertiary/aromatic N) is 3. The minimum atomic E-state index is -0.368. The van der Waals surface area contributed by atoms with Gasteiger partial charge in [0.15, 0.2) is 17.5 Å². The molecule has 0 aliphatic carbocycles. The molecule has 2 N–H and O–H groups in total. The number of guanidine groups is 1. The fourth-order valence-corrected chi connectivity index (χ4v) is 2.85. The van der Waals surface area contributed by atoms with Gasteiger partial charge in [-0.05, 0) is 24.6 Å². The molecule has 152 valence electrons. The number of aromatic nitrogens is 2. The molecule has 0 saturated heterocycles. The smallest absolute Gasteiger partial charge is 0.191 e. The van der Waals surface area contributed by atoms with E-state index in [1.807, 2.05) is 31.3 Å². The van der Waals surface area contributed by atoms with Crippen molar-refractivity contribution < 1.29 is 9.13 Å². The summed E-state index contributed by atoms with van der Waals surface area (Å²) >= 11 is 0. The Labute approximate surface area is 170 Å². The summed E-state index contributed by atoms with van der Waals surface area (Å²) in [5, 5.41) is 6.45. The van der Waals surface area contributed by atoms with Gasteiger partial charge in [-0.15, -0.1) is 0 Å². The number of nitrogens with one attached hydrogen (secondary N) is 2. The van der Waals surface area contributed by atoms with Crippen LogP contribution in [0.25, 0.3) is 0 Å². The van der Waals surface area contributed by atoms with Crippen LogP contribution in [-0.2, 0) is 13.1 Å². The number of halogens is 1. The first-order valence-corrected chi connectivity index (χ1v) is 9.55. The molecule has 0 aliphatic heterocycles. The maximum absolute atomic E-state index is 13.7. The van der Waals surface area contributed by atoms with Crippen molar-refractivity contribution in [1.29, 1.82) is 0 Å². The lowest BCUT2D eigenvalue weighted by Crippen LogP contribution is -2.41. The topological polar surface area (TPSA) is 63.5 Å². The van der Waals surface area contributed by atoms with Crippen LogP contribution in [0.15, 0.2) is 72.0 Å². The molecule has 0 amide bonds. The second-order valence-electron chi connectivity index (χ2n) is 6.62. The Hall–Kier alpha value is -3.35. The number of imidazole rings is 1. The van der Waals surface area contributed by atoms with Gasteiger partial charge in [0.2, 0.25) is 0 Å². The zero-order valence-corrected chi connectivity index (χ0v) is 16.7. The third kappa shape index (κ3) is 6.07. The molecular formula is C22H26FN5O. The third-order valence-corrected chi connectivity index (χ3v) is 4.36. The highest BCUT2D eigenvalue weighted by Gasteiger charge is 2.10. The normalized spacial score (nSPS) is 12.4. The quantitative estimate of drug-likeness (QED) is 0.454. The van der Waals surface area contributed by atoms with E-state index in [1.165, 1.54) is 11.6 Å². The number of benzene rings is 2. The molecule has 3 rings (SSSR count). The molecule has 7 heteroatoms. The standard InChI is InChI=1S/C22H26FN5O/c1-17(29-20-11-7-6-10-19(20)23)14-26-22(24-2)27-15-21-25-12-13-28(21)16-18-8-4-3-5-9-18/h3-13,17H,14-16H2,1-2H3,(H2,24,26,27). The Morgan fingerprint density at radius 1 is 1.14 bits per heavy atom. The van der Waals surface area contributed by atoms with Gasteiger partial charge < -0.3 is 19.9 Å². The molecular weight excluding hydrogens is 369 g/mol. The Morgan fingerprint density at radius 2 is 1.90 bits per heavy atom. The average Bonchev–Trinajstić information content (AvgIpc) is 3.17. The average molecular weight is 395 g/mol. The van der Waals surface area contributed by atoms with E-state index in [-0.39, 0.29) is 17.7 Å². The molecule has 6 nitrogen and oxygen atoms in total. The van der Waals surface area contributed by atoms with Gasteiger partial charge in [0, 0.05) is 26.0 Å². The number of aliphatic imine (C=N–C) groups is 1. The van der Waals surface area contributed by atoms with E-state index in [0.717, 1.165) is 12.4 Å². The highest BCUT2D eigenvalue weighted by atomic mass is 19.1. The zero-order chi connectivity index (χ0) is 20.5. The molecule has 1 heterocycles. The molecule has 2 aromatic carbocycles. The Morgan fingerprint density at radius 3 is 2.66 bits per heavy atom. The first-order valence-electron chi connectivity index (χ1n) is 9.55. The van der Waals surface area contributed by atoms with Crippen LogP contribution in [0.5, 0.6) is 5.75 Å². The first kappa shape index (κ1) is 20.4. The van der Waals surface area contributed by atoms with Gasteiger partial charge in [-0.1, -0.05) is 42.5 Å². The molecule has 3 aromatic rings. The largest absolute Gasteiger partial charge is 0.486 e. The van der Waals surface area contributed by atoms with E-state index < -0.39 is 0 Å². The van der Waals surface area contributed by atoms with E-state index in [0.29, 0.717) is 19.0 Å². The fourth-order valence-electron chi connectivity index (χ4n) is 2.85. The number of hydrogen-bond acceptors (Lipinski definition) is 3. The van der Waals surface area contributed by atoms with E-state index in [2.05, 4.69) is 37.3 Å². The molecule has 1 atom stereocenters. The van der Waals surface area contributed by atoms with Gasteiger partial charge in [-0.3, -0.25) is 4.99 Å². The maximum Gasteiger partial charge on any atom is 0.191 e. The van der Waals surface area contributed by atoms with E-state index in [4.69, 9.17) is 4.74 Å². The summed E-state index contributed by atoms with van der Waals surface area (Å²) in [4.78, 5) is 8.66. The van der Waals surface area contributed by atoms with Gasteiger partial charge >= 0.3 is 0 Å². The summed E-state index contributed by atoms with van der Waals surface area (Å²) in [5.74, 6) is 1.41. The van der Waals surface area contributed by atoms with E-state index >= 15 is 0 Å². The number of hydrogen-bond donors (Lipinski definition) is 2. The molecule has 0 spiro atoms. The van der Waals surface area contributed by atoms with Crippen LogP contribution in [-0.4, -0.2) is 35.2 Å². The van der Waals surface area contributed by atoms with Crippen LogP contribution in [0, 0.1) is 5.82 Å². The fraction of sp³-hybridized carbons (Fsp3) is 0.273. The predicted octanol–water partition coefficient (Wildman–Crippen LogP) is 3.20. The Balaban J connectivity index is 1.49. The Kier molecular flexibility index (Phi) is 7.22. The van der Waals surface area contributed by atoms with Crippen LogP contribution in [0.3, 0.4) is 0 Å².